The molecule has 23 heavy (non-hydrogen) atoms. The van der Waals surface area contributed by atoms with Gasteiger partial charge < -0.3 is 10.6 Å². The number of hydrogen-bond acceptors (Lipinski definition) is 5. The van der Waals surface area contributed by atoms with Crippen LogP contribution < -0.4 is 10.6 Å². The molecule has 2 aromatic heterocycles. The summed E-state index contributed by atoms with van der Waals surface area (Å²) in [6.07, 6.45) is 4.99. The van der Waals surface area contributed by atoms with E-state index >= 15 is 0 Å². The summed E-state index contributed by atoms with van der Waals surface area (Å²) in [4.78, 5) is 23.3. The molecule has 1 amide bonds. The van der Waals surface area contributed by atoms with Crippen LogP contribution in [0.5, 0.6) is 0 Å². The number of amides is 1. The Morgan fingerprint density at radius 1 is 1.39 bits per heavy atom. The normalized spacial score (nSPS) is 17.8. The number of nitrogens with zero attached hydrogens (tertiary/aromatic N) is 2. The lowest BCUT2D eigenvalue weighted by Crippen LogP contribution is -2.43. The van der Waals surface area contributed by atoms with Crippen molar-refractivity contribution in [2.24, 2.45) is 5.92 Å². The first-order valence-corrected chi connectivity index (χ1v) is 8.95. The molecule has 1 atom stereocenters. The van der Waals surface area contributed by atoms with Crippen molar-refractivity contribution in [1.29, 1.82) is 0 Å². The molecule has 2 N–H and O–H groups in total. The number of carbonyl (C=O) groups excluding carboxylic acids is 1. The molecular weight excluding hydrogens is 308 g/mol. The summed E-state index contributed by atoms with van der Waals surface area (Å²) >= 11 is 1.77. The van der Waals surface area contributed by atoms with Crippen LogP contribution in [0.2, 0.25) is 0 Å². The van der Waals surface area contributed by atoms with Crippen LogP contribution in [-0.4, -0.2) is 28.0 Å². The lowest BCUT2D eigenvalue weighted by molar-refractivity contribution is -0.120. The van der Waals surface area contributed by atoms with E-state index in [4.69, 9.17) is 0 Å². The molecule has 1 aliphatic rings. The molecule has 0 spiro atoms. The van der Waals surface area contributed by atoms with E-state index in [0.717, 1.165) is 34.8 Å². The molecule has 0 radical (unpaired) electrons. The van der Waals surface area contributed by atoms with Crippen molar-refractivity contribution in [3.63, 3.8) is 0 Å². The van der Waals surface area contributed by atoms with Gasteiger partial charge in [0.05, 0.1) is 11.9 Å². The van der Waals surface area contributed by atoms with E-state index in [0.29, 0.717) is 0 Å². The Morgan fingerprint density at radius 3 is 2.91 bits per heavy atom. The van der Waals surface area contributed by atoms with Gasteiger partial charge in [-0.25, -0.2) is 9.97 Å². The summed E-state index contributed by atoms with van der Waals surface area (Å²) in [6, 6.07) is 0. The maximum atomic E-state index is 12.0. The third-order valence-electron chi connectivity index (χ3n) is 4.02. The number of carbonyl (C=O) groups is 1. The first-order chi connectivity index (χ1) is 10.8. The highest BCUT2D eigenvalue weighted by Gasteiger charge is 2.23. The van der Waals surface area contributed by atoms with Crippen LogP contribution in [0.4, 0.5) is 5.82 Å². The summed E-state index contributed by atoms with van der Waals surface area (Å²) in [5.41, 5.74) is 1.15. The van der Waals surface area contributed by atoms with Gasteiger partial charge in [-0.05, 0) is 51.5 Å². The van der Waals surface area contributed by atoms with Crippen LogP contribution in [0, 0.1) is 5.92 Å². The van der Waals surface area contributed by atoms with E-state index in [2.05, 4.69) is 27.5 Å². The smallest absolute Gasteiger partial charge is 0.239 e. The first kappa shape index (κ1) is 16.2. The van der Waals surface area contributed by atoms with Crippen molar-refractivity contribution in [2.75, 3.05) is 11.9 Å². The number of nitrogens with one attached hydrogen (secondary N) is 2. The van der Waals surface area contributed by atoms with Crippen molar-refractivity contribution in [3.05, 3.63) is 16.8 Å². The molecule has 0 aliphatic heterocycles. The fourth-order valence-corrected chi connectivity index (χ4v) is 4.39. The van der Waals surface area contributed by atoms with E-state index in [1.165, 1.54) is 16.9 Å². The fraction of sp³-hybridized carbons (Fsp3) is 0.588. The minimum absolute atomic E-state index is 0.0259. The average molecular weight is 332 g/mol. The highest BCUT2D eigenvalue weighted by atomic mass is 32.1. The Morgan fingerprint density at radius 2 is 2.17 bits per heavy atom. The molecule has 0 unspecified atom stereocenters. The highest BCUT2D eigenvalue weighted by Crippen LogP contribution is 2.39. The standard InChI is InChI=1S/C17H24N4OS/c1-10-5-6-11-12(7-10)23-16-14(11)15(19-9-20-16)18-8-13(22)21-17(2,3)4/h9-10H,5-8H2,1-4H3,(H,21,22)(H,18,19,20)/t10-/m0/s1. The number of aromatic nitrogens is 2. The summed E-state index contributed by atoms with van der Waals surface area (Å²) in [6.45, 7) is 8.46. The second-order valence-electron chi connectivity index (χ2n) is 7.41. The van der Waals surface area contributed by atoms with Crippen molar-refractivity contribution in [3.8, 4) is 0 Å². The zero-order valence-corrected chi connectivity index (χ0v) is 15.0. The van der Waals surface area contributed by atoms with E-state index in [-0.39, 0.29) is 18.0 Å². The van der Waals surface area contributed by atoms with Crippen molar-refractivity contribution >= 4 is 33.3 Å². The van der Waals surface area contributed by atoms with Crippen LogP contribution >= 0.6 is 11.3 Å². The first-order valence-electron chi connectivity index (χ1n) is 8.13. The maximum absolute atomic E-state index is 12.0. The lowest BCUT2D eigenvalue weighted by Gasteiger charge is -2.21. The minimum atomic E-state index is -0.225. The largest absolute Gasteiger partial charge is 0.360 e. The van der Waals surface area contributed by atoms with E-state index in [1.807, 2.05) is 20.8 Å². The van der Waals surface area contributed by atoms with Gasteiger partial charge in [0.15, 0.2) is 0 Å². The number of anilines is 1. The van der Waals surface area contributed by atoms with Crippen LogP contribution in [0.3, 0.4) is 0 Å². The number of thiophene rings is 1. The quantitative estimate of drug-likeness (QED) is 0.906. The number of fused-ring (bicyclic) bond motifs is 3. The van der Waals surface area contributed by atoms with Gasteiger partial charge in [0.25, 0.3) is 0 Å². The molecule has 0 fully saturated rings. The molecule has 2 heterocycles. The fourth-order valence-electron chi connectivity index (χ4n) is 3.04. The second-order valence-corrected chi connectivity index (χ2v) is 8.49. The second kappa shape index (κ2) is 6.07. The van der Waals surface area contributed by atoms with E-state index < -0.39 is 0 Å². The Bertz CT molecular complexity index is 732. The molecule has 1 aliphatic carbocycles. The van der Waals surface area contributed by atoms with Crippen molar-refractivity contribution in [1.82, 2.24) is 15.3 Å². The van der Waals surface area contributed by atoms with Crippen molar-refractivity contribution < 1.29 is 4.79 Å². The van der Waals surface area contributed by atoms with Gasteiger partial charge >= 0.3 is 0 Å². The topological polar surface area (TPSA) is 66.9 Å². The van der Waals surface area contributed by atoms with Gasteiger partial charge in [-0.1, -0.05) is 6.92 Å². The van der Waals surface area contributed by atoms with Gasteiger partial charge in [-0.15, -0.1) is 11.3 Å². The van der Waals surface area contributed by atoms with Gasteiger partial charge in [-0.2, -0.15) is 0 Å². The maximum Gasteiger partial charge on any atom is 0.239 e. The zero-order chi connectivity index (χ0) is 16.6. The summed E-state index contributed by atoms with van der Waals surface area (Å²) < 4.78 is 0. The molecule has 124 valence electrons. The van der Waals surface area contributed by atoms with Gasteiger partial charge in [-0.3, -0.25) is 4.79 Å². The molecule has 0 bridgehead atoms. The Labute approximate surface area is 140 Å². The molecule has 0 aromatic carbocycles. The highest BCUT2D eigenvalue weighted by molar-refractivity contribution is 7.19. The lowest BCUT2D eigenvalue weighted by atomic mass is 9.89. The molecule has 3 rings (SSSR count). The minimum Gasteiger partial charge on any atom is -0.360 e. The average Bonchev–Trinajstić information content (AvgIpc) is 2.81. The van der Waals surface area contributed by atoms with Crippen molar-refractivity contribution in [2.45, 2.75) is 52.5 Å². The molecule has 5 nitrogen and oxygen atoms in total. The van der Waals surface area contributed by atoms with E-state index in [9.17, 15) is 4.79 Å². The van der Waals surface area contributed by atoms with Crippen LogP contribution in [0.25, 0.3) is 10.2 Å². The van der Waals surface area contributed by atoms with Gasteiger partial charge in [0, 0.05) is 10.4 Å². The number of hydrogen-bond donors (Lipinski definition) is 2. The Kier molecular flexibility index (Phi) is 4.27. The third kappa shape index (κ3) is 3.63. The Hall–Kier alpha value is -1.69. The molecule has 6 heteroatoms. The molecule has 0 saturated carbocycles. The summed E-state index contributed by atoms with van der Waals surface area (Å²) in [5.74, 6) is 1.49. The molecule has 0 saturated heterocycles. The van der Waals surface area contributed by atoms with Crippen LogP contribution in [0.1, 0.15) is 44.6 Å². The third-order valence-corrected chi connectivity index (χ3v) is 5.18. The molecule has 2 aromatic rings. The summed E-state index contributed by atoms with van der Waals surface area (Å²) in [7, 11) is 0. The zero-order valence-electron chi connectivity index (χ0n) is 14.2. The number of aryl methyl sites for hydroxylation is 1. The van der Waals surface area contributed by atoms with Gasteiger partial charge in [0.1, 0.15) is 17.0 Å². The SMILES string of the molecule is C[C@H]1CCc2c(sc3ncnc(NCC(=O)NC(C)(C)C)c23)C1. The predicted molar refractivity (Wildman–Crippen MR) is 95.0 cm³/mol. The summed E-state index contributed by atoms with van der Waals surface area (Å²) in [5, 5.41) is 7.27. The monoisotopic (exact) mass is 332 g/mol. The molecular formula is C17H24N4OS. The van der Waals surface area contributed by atoms with Crippen LogP contribution in [0.15, 0.2) is 6.33 Å². The van der Waals surface area contributed by atoms with Gasteiger partial charge in [0.2, 0.25) is 5.91 Å². The van der Waals surface area contributed by atoms with E-state index in [1.54, 1.807) is 17.7 Å². The predicted octanol–water partition coefficient (Wildman–Crippen LogP) is 3.14. The van der Waals surface area contributed by atoms with Crippen LogP contribution in [-0.2, 0) is 17.6 Å². The Balaban J connectivity index is 1.83. The number of rotatable bonds is 3.